The molecule has 0 aliphatic rings. The molecule has 0 saturated heterocycles. The molecule has 2 N–H and O–H groups in total. The minimum Gasteiger partial charge on any atom is -0.319 e. The second-order valence-corrected chi connectivity index (χ2v) is 5.10. The Morgan fingerprint density at radius 1 is 1.05 bits per heavy atom. The molecule has 0 aliphatic heterocycles. The number of hydrogen-bond donors (Lipinski definition) is 1. The molecule has 1 aromatic heterocycles. The van der Waals surface area contributed by atoms with Gasteiger partial charge < -0.3 is 10.3 Å². The van der Waals surface area contributed by atoms with Crippen LogP contribution in [0, 0.1) is 0 Å². The van der Waals surface area contributed by atoms with Crippen molar-refractivity contribution in [2.24, 2.45) is 5.73 Å². The van der Waals surface area contributed by atoms with Crippen molar-refractivity contribution in [1.29, 1.82) is 0 Å². The highest BCUT2D eigenvalue weighted by Gasteiger charge is 2.14. The summed E-state index contributed by atoms with van der Waals surface area (Å²) in [6.07, 6.45) is 4.70. The van der Waals surface area contributed by atoms with E-state index in [-0.39, 0.29) is 6.04 Å². The van der Waals surface area contributed by atoms with E-state index >= 15 is 0 Å². The van der Waals surface area contributed by atoms with Crippen LogP contribution >= 0.6 is 0 Å². The van der Waals surface area contributed by atoms with Crippen molar-refractivity contribution in [1.82, 2.24) is 9.55 Å². The molecule has 21 heavy (non-hydrogen) atoms. The predicted molar refractivity (Wildman–Crippen MR) is 85.4 cm³/mol. The molecule has 0 fully saturated rings. The number of aromatic nitrogens is 2. The van der Waals surface area contributed by atoms with Crippen molar-refractivity contribution in [3.8, 4) is 5.69 Å². The van der Waals surface area contributed by atoms with E-state index in [2.05, 4.69) is 40.7 Å². The molecule has 2 aromatic carbocycles. The van der Waals surface area contributed by atoms with E-state index in [1.807, 2.05) is 42.9 Å². The van der Waals surface area contributed by atoms with E-state index in [0.717, 1.165) is 23.4 Å². The molecule has 0 bridgehead atoms. The van der Waals surface area contributed by atoms with Crippen molar-refractivity contribution in [3.63, 3.8) is 0 Å². The zero-order chi connectivity index (χ0) is 14.7. The van der Waals surface area contributed by atoms with Crippen LogP contribution < -0.4 is 5.73 Å². The Morgan fingerprint density at radius 3 is 2.43 bits per heavy atom. The SMILES string of the molecule is CCc1ccc(-n2cncc2C(N)c2ccccc2)cc1. The fourth-order valence-electron chi connectivity index (χ4n) is 2.47. The summed E-state index contributed by atoms with van der Waals surface area (Å²) in [6, 6.07) is 18.4. The van der Waals surface area contributed by atoms with Crippen LogP contribution in [0.2, 0.25) is 0 Å². The van der Waals surface area contributed by atoms with Crippen LogP contribution in [0.1, 0.15) is 29.8 Å². The summed E-state index contributed by atoms with van der Waals surface area (Å²) in [6.45, 7) is 2.16. The van der Waals surface area contributed by atoms with Crippen LogP contribution in [-0.4, -0.2) is 9.55 Å². The molecule has 3 aromatic rings. The van der Waals surface area contributed by atoms with Gasteiger partial charge in [0, 0.05) is 5.69 Å². The van der Waals surface area contributed by atoms with Gasteiger partial charge in [-0.3, -0.25) is 0 Å². The quantitative estimate of drug-likeness (QED) is 0.793. The number of hydrogen-bond acceptors (Lipinski definition) is 2. The van der Waals surface area contributed by atoms with Gasteiger partial charge in [-0.15, -0.1) is 0 Å². The van der Waals surface area contributed by atoms with E-state index in [9.17, 15) is 0 Å². The van der Waals surface area contributed by atoms with E-state index in [4.69, 9.17) is 5.73 Å². The van der Waals surface area contributed by atoms with Gasteiger partial charge in [0.1, 0.15) is 0 Å². The summed E-state index contributed by atoms with van der Waals surface area (Å²) in [5.41, 5.74) is 10.9. The third kappa shape index (κ3) is 2.73. The lowest BCUT2D eigenvalue weighted by Gasteiger charge is -2.15. The minimum absolute atomic E-state index is 0.181. The predicted octanol–water partition coefficient (Wildman–Crippen LogP) is 3.48. The number of aryl methyl sites for hydroxylation is 1. The summed E-state index contributed by atoms with van der Waals surface area (Å²) in [5, 5.41) is 0. The molecule has 1 atom stereocenters. The highest BCUT2D eigenvalue weighted by molar-refractivity contribution is 5.38. The maximum absolute atomic E-state index is 6.39. The lowest BCUT2D eigenvalue weighted by atomic mass is 10.0. The first-order chi connectivity index (χ1) is 10.3. The fourth-order valence-corrected chi connectivity index (χ4v) is 2.47. The molecular weight excluding hydrogens is 258 g/mol. The van der Waals surface area contributed by atoms with Gasteiger partial charge in [-0.1, -0.05) is 49.4 Å². The molecule has 1 heterocycles. The lowest BCUT2D eigenvalue weighted by Crippen LogP contribution is -2.15. The Balaban J connectivity index is 1.96. The zero-order valence-corrected chi connectivity index (χ0v) is 12.1. The first-order valence-corrected chi connectivity index (χ1v) is 7.21. The van der Waals surface area contributed by atoms with Crippen molar-refractivity contribution in [2.45, 2.75) is 19.4 Å². The van der Waals surface area contributed by atoms with Gasteiger partial charge in [-0.2, -0.15) is 0 Å². The topological polar surface area (TPSA) is 43.8 Å². The van der Waals surface area contributed by atoms with E-state index in [1.165, 1.54) is 5.56 Å². The van der Waals surface area contributed by atoms with Crippen LogP contribution in [0.4, 0.5) is 0 Å². The first kappa shape index (κ1) is 13.6. The van der Waals surface area contributed by atoms with Crippen LogP contribution in [0.15, 0.2) is 67.1 Å². The standard InChI is InChI=1S/C18H19N3/c1-2-14-8-10-16(11-9-14)21-13-20-12-17(21)18(19)15-6-4-3-5-7-15/h3-13,18H,2,19H2,1H3. The molecule has 0 aliphatic carbocycles. The summed E-state index contributed by atoms with van der Waals surface area (Å²) in [4.78, 5) is 4.27. The van der Waals surface area contributed by atoms with E-state index < -0.39 is 0 Å². The van der Waals surface area contributed by atoms with Crippen LogP contribution in [0.5, 0.6) is 0 Å². The summed E-state index contributed by atoms with van der Waals surface area (Å²) in [5.74, 6) is 0. The lowest BCUT2D eigenvalue weighted by molar-refractivity contribution is 0.793. The van der Waals surface area contributed by atoms with Crippen molar-refractivity contribution >= 4 is 0 Å². The number of rotatable bonds is 4. The Morgan fingerprint density at radius 2 is 1.76 bits per heavy atom. The summed E-state index contributed by atoms with van der Waals surface area (Å²) < 4.78 is 2.05. The molecule has 3 heteroatoms. The third-order valence-corrected chi connectivity index (χ3v) is 3.77. The van der Waals surface area contributed by atoms with Crippen LogP contribution in [0.3, 0.4) is 0 Å². The molecule has 0 radical (unpaired) electrons. The minimum atomic E-state index is -0.181. The second kappa shape index (κ2) is 5.94. The molecular formula is C18H19N3. The highest BCUT2D eigenvalue weighted by Crippen LogP contribution is 2.22. The van der Waals surface area contributed by atoms with Gasteiger partial charge in [0.05, 0.1) is 24.3 Å². The monoisotopic (exact) mass is 277 g/mol. The molecule has 3 rings (SSSR count). The Kier molecular flexibility index (Phi) is 3.84. The molecule has 106 valence electrons. The number of nitrogens with zero attached hydrogens (tertiary/aromatic N) is 2. The molecule has 0 saturated carbocycles. The van der Waals surface area contributed by atoms with E-state index in [0.29, 0.717) is 0 Å². The average molecular weight is 277 g/mol. The fraction of sp³-hybridized carbons (Fsp3) is 0.167. The van der Waals surface area contributed by atoms with Gasteiger partial charge in [-0.05, 0) is 29.7 Å². The van der Waals surface area contributed by atoms with Gasteiger partial charge >= 0.3 is 0 Å². The van der Waals surface area contributed by atoms with Gasteiger partial charge in [-0.25, -0.2) is 4.98 Å². The Hall–Kier alpha value is -2.39. The summed E-state index contributed by atoms with van der Waals surface area (Å²) >= 11 is 0. The van der Waals surface area contributed by atoms with Gasteiger partial charge in [0.2, 0.25) is 0 Å². The average Bonchev–Trinajstić information content (AvgIpc) is 3.04. The van der Waals surface area contributed by atoms with Gasteiger partial charge in [0.15, 0.2) is 0 Å². The number of benzene rings is 2. The third-order valence-electron chi connectivity index (χ3n) is 3.77. The number of nitrogens with two attached hydrogens (primary N) is 1. The number of imidazole rings is 1. The molecule has 0 amide bonds. The van der Waals surface area contributed by atoms with E-state index in [1.54, 1.807) is 0 Å². The molecule has 0 spiro atoms. The molecule has 1 unspecified atom stereocenters. The molecule has 3 nitrogen and oxygen atoms in total. The zero-order valence-electron chi connectivity index (χ0n) is 12.1. The Labute approximate surface area is 125 Å². The second-order valence-electron chi connectivity index (χ2n) is 5.10. The van der Waals surface area contributed by atoms with Crippen molar-refractivity contribution in [2.75, 3.05) is 0 Å². The smallest absolute Gasteiger partial charge is 0.0994 e. The van der Waals surface area contributed by atoms with Gasteiger partial charge in [0.25, 0.3) is 0 Å². The van der Waals surface area contributed by atoms with Crippen LogP contribution in [-0.2, 0) is 6.42 Å². The maximum atomic E-state index is 6.39. The maximum Gasteiger partial charge on any atom is 0.0994 e. The van der Waals surface area contributed by atoms with Crippen molar-refractivity contribution < 1.29 is 0 Å². The van der Waals surface area contributed by atoms with Crippen LogP contribution in [0.25, 0.3) is 5.69 Å². The normalized spacial score (nSPS) is 12.3. The Bertz CT molecular complexity index is 699. The first-order valence-electron chi connectivity index (χ1n) is 7.21. The van der Waals surface area contributed by atoms with Crippen molar-refractivity contribution in [3.05, 3.63) is 83.9 Å². The largest absolute Gasteiger partial charge is 0.319 e. The summed E-state index contributed by atoms with van der Waals surface area (Å²) in [7, 11) is 0. The highest BCUT2D eigenvalue weighted by atomic mass is 15.1.